The van der Waals surface area contributed by atoms with E-state index in [0.717, 1.165) is 79.6 Å². The number of nitrogens with zero attached hydrogens (tertiary/aromatic N) is 2. The summed E-state index contributed by atoms with van der Waals surface area (Å²) in [6.45, 7) is 5.15. The molecule has 2 amide bonds. The Labute approximate surface area is 350 Å². The third-order valence-electron chi connectivity index (χ3n) is 10.2. The van der Waals surface area contributed by atoms with E-state index in [1.807, 2.05) is 86.6 Å². The van der Waals surface area contributed by atoms with Gasteiger partial charge in [-0.1, -0.05) is 98.8 Å². The van der Waals surface area contributed by atoms with Gasteiger partial charge in [-0.15, -0.1) is 0 Å². The van der Waals surface area contributed by atoms with Crippen LogP contribution in [0.4, 0.5) is 43.7 Å². The third kappa shape index (κ3) is 9.09. The maximum absolute atomic E-state index is 12.2. The molecule has 8 rings (SSSR count). The number of rotatable bonds is 13. The SMILES string of the molecule is CCCNC(=O)Oc1ccc2cc(N(c3ccccc3)c3ccc(-c4ccc(N(c5ccccc5)c5ccc6cc(OC(=O)NCCC)ccc6c5)cc4)cc3)ccc2c1. The number of carbonyl (C=O) groups excluding carboxylic acids is 2. The second-order valence-electron chi connectivity index (χ2n) is 14.5. The summed E-state index contributed by atoms with van der Waals surface area (Å²) in [5.74, 6) is 1.01. The molecule has 0 fully saturated rings. The molecule has 8 nitrogen and oxygen atoms in total. The predicted molar refractivity (Wildman–Crippen MR) is 245 cm³/mol. The quantitative estimate of drug-likeness (QED) is 0.121. The van der Waals surface area contributed by atoms with Gasteiger partial charge in [-0.3, -0.25) is 0 Å². The molecular formula is C52H46N4O4. The van der Waals surface area contributed by atoms with Gasteiger partial charge < -0.3 is 29.9 Å². The Morgan fingerprint density at radius 2 is 0.733 bits per heavy atom. The summed E-state index contributed by atoms with van der Waals surface area (Å²) in [6.07, 6.45) is 0.788. The van der Waals surface area contributed by atoms with Crippen LogP contribution in [0.1, 0.15) is 26.7 Å². The summed E-state index contributed by atoms with van der Waals surface area (Å²) in [5, 5.41) is 9.54. The molecule has 8 heteroatoms. The van der Waals surface area contributed by atoms with Crippen LogP contribution in [-0.2, 0) is 0 Å². The lowest BCUT2D eigenvalue weighted by Crippen LogP contribution is -2.27. The molecule has 0 aliphatic rings. The van der Waals surface area contributed by atoms with E-state index in [2.05, 4.69) is 130 Å². The molecule has 2 N–H and O–H groups in total. The summed E-state index contributed by atoms with van der Waals surface area (Å²) in [7, 11) is 0. The fourth-order valence-electron chi connectivity index (χ4n) is 7.22. The molecule has 0 heterocycles. The van der Waals surface area contributed by atoms with Gasteiger partial charge in [-0.2, -0.15) is 0 Å². The number of fused-ring (bicyclic) bond motifs is 2. The minimum absolute atomic E-state index is 0.448. The molecule has 8 aromatic carbocycles. The van der Waals surface area contributed by atoms with E-state index in [4.69, 9.17) is 9.47 Å². The highest BCUT2D eigenvalue weighted by molar-refractivity contribution is 5.92. The lowest BCUT2D eigenvalue weighted by atomic mass is 10.0. The monoisotopic (exact) mass is 790 g/mol. The number of para-hydroxylation sites is 2. The van der Waals surface area contributed by atoms with Crippen molar-refractivity contribution in [1.29, 1.82) is 0 Å². The van der Waals surface area contributed by atoms with E-state index in [9.17, 15) is 9.59 Å². The summed E-state index contributed by atoms with van der Waals surface area (Å²) in [4.78, 5) is 28.8. The van der Waals surface area contributed by atoms with Crippen LogP contribution in [0, 0.1) is 0 Å². The zero-order valence-electron chi connectivity index (χ0n) is 33.7. The zero-order valence-corrected chi connectivity index (χ0v) is 33.7. The molecule has 0 spiro atoms. The topological polar surface area (TPSA) is 83.1 Å². The Balaban J connectivity index is 1.05. The van der Waals surface area contributed by atoms with Crippen LogP contribution >= 0.6 is 0 Å². The predicted octanol–water partition coefficient (Wildman–Crippen LogP) is 13.6. The first-order chi connectivity index (χ1) is 29.4. The Kier molecular flexibility index (Phi) is 12.0. The standard InChI is InChI=1S/C52H46N4O4/c1-3-31-53-51(57)59-49-29-21-39-33-47(27-19-41(39)35-49)55(43-11-7-5-8-12-43)45-23-15-37(16-24-45)38-17-25-46(26-18-38)56(44-13-9-6-10-14-44)48-28-20-42-36-50(30-22-40(42)34-48)60-52(58)54-32-4-2/h5-30,33-36H,3-4,31-32H2,1-2H3,(H,53,57)(H,54,58). The normalized spacial score (nSPS) is 10.9. The Bertz CT molecular complexity index is 2530. The van der Waals surface area contributed by atoms with Crippen molar-refractivity contribution in [2.75, 3.05) is 22.9 Å². The molecule has 298 valence electrons. The highest BCUT2D eigenvalue weighted by atomic mass is 16.6. The van der Waals surface area contributed by atoms with Gasteiger partial charge in [-0.25, -0.2) is 9.59 Å². The number of amides is 2. The average molecular weight is 791 g/mol. The average Bonchev–Trinajstić information content (AvgIpc) is 3.29. The maximum Gasteiger partial charge on any atom is 0.412 e. The molecule has 0 radical (unpaired) electrons. The number of hydrogen-bond acceptors (Lipinski definition) is 6. The number of carbonyl (C=O) groups is 2. The van der Waals surface area contributed by atoms with E-state index in [0.29, 0.717) is 24.6 Å². The van der Waals surface area contributed by atoms with Crippen LogP contribution < -0.4 is 29.9 Å². The van der Waals surface area contributed by atoms with Gasteiger partial charge in [0.1, 0.15) is 11.5 Å². The van der Waals surface area contributed by atoms with E-state index in [1.165, 1.54) is 0 Å². The first-order valence-corrected chi connectivity index (χ1v) is 20.4. The maximum atomic E-state index is 12.2. The molecule has 0 aliphatic carbocycles. The molecular weight excluding hydrogens is 745 g/mol. The molecule has 0 aromatic heterocycles. The van der Waals surface area contributed by atoms with E-state index < -0.39 is 12.2 Å². The van der Waals surface area contributed by atoms with Crippen molar-refractivity contribution in [2.24, 2.45) is 0 Å². The van der Waals surface area contributed by atoms with Crippen LogP contribution in [0.15, 0.2) is 182 Å². The Morgan fingerprint density at radius 1 is 0.400 bits per heavy atom. The fourth-order valence-corrected chi connectivity index (χ4v) is 7.22. The second-order valence-corrected chi connectivity index (χ2v) is 14.5. The minimum Gasteiger partial charge on any atom is -0.410 e. The molecule has 0 unspecified atom stereocenters. The summed E-state index contributed by atoms with van der Waals surface area (Å²) in [6, 6.07) is 62.0. The smallest absolute Gasteiger partial charge is 0.410 e. The van der Waals surface area contributed by atoms with Crippen molar-refractivity contribution in [3.63, 3.8) is 0 Å². The first kappa shape index (κ1) is 39.3. The molecule has 0 saturated carbocycles. The van der Waals surface area contributed by atoms with Gasteiger partial charge in [0.05, 0.1) is 0 Å². The molecule has 60 heavy (non-hydrogen) atoms. The van der Waals surface area contributed by atoms with Gasteiger partial charge in [-0.05, 0) is 143 Å². The number of benzene rings is 8. The van der Waals surface area contributed by atoms with E-state index in [-0.39, 0.29) is 0 Å². The fraction of sp³-hybridized carbons (Fsp3) is 0.115. The minimum atomic E-state index is -0.448. The largest absolute Gasteiger partial charge is 0.412 e. The summed E-state index contributed by atoms with van der Waals surface area (Å²) < 4.78 is 11.0. The Hall–Kier alpha value is -7.58. The van der Waals surface area contributed by atoms with Crippen molar-refractivity contribution in [3.05, 3.63) is 182 Å². The van der Waals surface area contributed by atoms with Crippen LogP contribution in [0.5, 0.6) is 11.5 Å². The Morgan fingerprint density at radius 3 is 1.12 bits per heavy atom. The van der Waals surface area contributed by atoms with Crippen LogP contribution in [0.2, 0.25) is 0 Å². The molecule has 0 atom stereocenters. The highest BCUT2D eigenvalue weighted by Crippen LogP contribution is 2.40. The van der Waals surface area contributed by atoms with Crippen LogP contribution in [0.3, 0.4) is 0 Å². The molecule has 8 aromatic rings. The summed E-state index contributed by atoms with van der Waals surface area (Å²) >= 11 is 0. The van der Waals surface area contributed by atoms with E-state index >= 15 is 0 Å². The van der Waals surface area contributed by atoms with Crippen LogP contribution in [0.25, 0.3) is 32.7 Å². The van der Waals surface area contributed by atoms with Crippen LogP contribution in [-0.4, -0.2) is 25.3 Å². The van der Waals surface area contributed by atoms with Crippen molar-refractivity contribution >= 4 is 67.9 Å². The van der Waals surface area contributed by atoms with Crippen molar-refractivity contribution < 1.29 is 19.1 Å². The van der Waals surface area contributed by atoms with Crippen molar-refractivity contribution in [2.45, 2.75) is 26.7 Å². The van der Waals surface area contributed by atoms with Crippen molar-refractivity contribution in [1.82, 2.24) is 10.6 Å². The zero-order chi connectivity index (χ0) is 41.3. The van der Waals surface area contributed by atoms with Gasteiger partial charge in [0.2, 0.25) is 0 Å². The van der Waals surface area contributed by atoms with E-state index in [1.54, 1.807) is 0 Å². The molecule has 0 saturated heterocycles. The lowest BCUT2D eigenvalue weighted by molar-refractivity contribution is 0.199. The number of anilines is 6. The molecule has 0 aliphatic heterocycles. The third-order valence-corrected chi connectivity index (χ3v) is 10.2. The second kappa shape index (κ2) is 18.3. The first-order valence-electron chi connectivity index (χ1n) is 20.4. The number of ether oxygens (including phenoxy) is 2. The van der Waals surface area contributed by atoms with Gasteiger partial charge in [0.25, 0.3) is 0 Å². The van der Waals surface area contributed by atoms with Gasteiger partial charge in [0, 0.05) is 47.2 Å². The van der Waals surface area contributed by atoms with Crippen molar-refractivity contribution in [3.8, 4) is 22.6 Å². The van der Waals surface area contributed by atoms with Gasteiger partial charge in [0.15, 0.2) is 0 Å². The number of hydrogen-bond donors (Lipinski definition) is 2. The summed E-state index contributed by atoms with van der Waals surface area (Å²) in [5.41, 5.74) is 8.37. The number of nitrogens with one attached hydrogen (secondary N) is 2. The lowest BCUT2D eigenvalue weighted by Gasteiger charge is -2.26. The van der Waals surface area contributed by atoms with Gasteiger partial charge >= 0.3 is 12.2 Å². The highest BCUT2D eigenvalue weighted by Gasteiger charge is 2.16. The molecule has 0 bridgehead atoms.